The number of aromatic nitrogens is 4. The molecule has 0 atom stereocenters. The molecule has 1 aliphatic heterocycles. The van der Waals surface area contributed by atoms with E-state index in [4.69, 9.17) is 4.98 Å². The number of amides is 1. The molecular formula is C30H32N6O2. The number of unbranched alkanes of at least 4 members (excludes halogenated alkanes) is 1. The number of carbonyl (C=O) groups is 1. The van der Waals surface area contributed by atoms with Gasteiger partial charge >= 0.3 is 0 Å². The minimum Gasteiger partial charge on any atom is -0.333 e. The van der Waals surface area contributed by atoms with Gasteiger partial charge in [0.25, 0.3) is 11.5 Å². The van der Waals surface area contributed by atoms with Gasteiger partial charge in [0.05, 0.1) is 30.2 Å². The lowest BCUT2D eigenvalue weighted by molar-refractivity contribution is 0.0996. The molecule has 2 aromatic carbocycles. The van der Waals surface area contributed by atoms with Crippen molar-refractivity contribution in [3.8, 4) is 11.3 Å². The van der Waals surface area contributed by atoms with Gasteiger partial charge in [0.15, 0.2) is 5.82 Å². The molecule has 6 rings (SSSR count). The zero-order valence-electron chi connectivity index (χ0n) is 22.1. The Labute approximate surface area is 221 Å². The van der Waals surface area contributed by atoms with Crippen LogP contribution < -0.4 is 15.8 Å². The molecule has 0 saturated heterocycles. The number of carbonyl (C=O) groups excluding carboxylic acids is 1. The third kappa shape index (κ3) is 4.40. The average molecular weight is 509 g/mol. The van der Waals surface area contributed by atoms with Gasteiger partial charge in [0.1, 0.15) is 0 Å². The molecule has 4 aromatic rings. The van der Waals surface area contributed by atoms with E-state index in [9.17, 15) is 9.59 Å². The Bertz CT molecular complexity index is 1600. The summed E-state index contributed by atoms with van der Waals surface area (Å²) in [5, 5.41) is 7.56. The number of fused-ring (bicyclic) bond motifs is 1. The quantitative estimate of drug-likeness (QED) is 0.338. The van der Waals surface area contributed by atoms with Crippen molar-refractivity contribution in [3.05, 3.63) is 87.6 Å². The SMILES string of the molecule is CCCCc1ccc2c(c1)CN(c1cccc(-c3cn(C)c(=O)c(Nc4cnn(C5CC5)c4)n3)c1C)C2=O. The largest absolute Gasteiger partial charge is 0.333 e. The molecule has 1 saturated carbocycles. The zero-order chi connectivity index (χ0) is 26.4. The summed E-state index contributed by atoms with van der Waals surface area (Å²) < 4.78 is 3.47. The van der Waals surface area contributed by atoms with Crippen LogP contribution in [0.15, 0.2) is 59.8 Å². The molecule has 1 aliphatic carbocycles. The van der Waals surface area contributed by atoms with Crippen LogP contribution in [-0.2, 0) is 20.0 Å². The van der Waals surface area contributed by atoms with Crippen LogP contribution in [0.1, 0.15) is 65.7 Å². The second kappa shape index (κ2) is 9.59. The predicted octanol–water partition coefficient (Wildman–Crippen LogP) is 5.53. The van der Waals surface area contributed by atoms with Crippen LogP contribution in [0.3, 0.4) is 0 Å². The highest BCUT2D eigenvalue weighted by atomic mass is 16.2. The Morgan fingerprint density at radius 1 is 1.08 bits per heavy atom. The summed E-state index contributed by atoms with van der Waals surface area (Å²) in [5.74, 6) is 0.264. The first-order valence-electron chi connectivity index (χ1n) is 13.4. The Balaban J connectivity index is 1.31. The maximum absolute atomic E-state index is 13.4. The number of benzene rings is 2. The molecule has 3 heterocycles. The van der Waals surface area contributed by atoms with Gasteiger partial charge in [-0.3, -0.25) is 14.3 Å². The minimum absolute atomic E-state index is 0.0192. The van der Waals surface area contributed by atoms with Crippen molar-refractivity contribution in [2.75, 3.05) is 10.2 Å². The average Bonchev–Trinajstić information content (AvgIpc) is 3.58. The Hall–Kier alpha value is -4.20. The van der Waals surface area contributed by atoms with Crippen LogP contribution in [0.5, 0.6) is 0 Å². The standard InChI is InChI=1S/C30H32N6O2/c1-4-5-7-20-10-13-25-21(14-20)16-35(29(25)37)27-9-6-8-24(19(27)2)26-18-34(3)30(38)28(33-26)32-22-15-31-36(17-22)23-11-12-23/h6,8-10,13-15,17-18,23H,4-5,7,11-12,16H2,1-3H3,(H,32,33). The van der Waals surface area contributed by atoms with E-state index in [1.807, 2.05) is 47.0 Å². The first kappa shape index (κ1) is 24.2. The van der Waals surface area contributed by atoms with Gasteiger partial charge in [0.2, 0.25) is 0 Å². The van der Waals surface area contributed by atoms with Gasteiger partial charge in [0, 0.05) is 36.3 Å². The molecule has 0 radical (unpaired) electrons. The topological polar surface area (TPSA) is 85.1 Å². The van der Waals surface area contributed by atoms with Gasteiger partial charge in [-0.05, 0) is 61.4 Å². The molecule has 1 fully saturated rings. The highest BCUT2D eigenvalue weighted by Crippen LogP contribution is 2.36. The van der Waals surface area contributed by atoms with E-state index in [-0.39, 0.29) is 17.3 Å². The molecule has 8 heteroatoms. The van der Waals surface area contributed by atoms with Crippen molar-refractivity contribution >= 4 is 23.1 Å². The molecule has 1 amide bonds. The van der Waals surface area contributed by atoms with Crippen molar-refractivity contribution in [1.82, 2.24) is 19.3 Å². The van der Waals surface area contributed by atoms with Crippen molar-refractivity contribution in [1.29, 1.82) is 0 Å². The molecule has 0 spiro atoms. The van der Waals surface area contributed by atoms with Crippen LogP contribution in [0.25, 0.3) is 11.3 Å². The molecule has 2 aromatic heterocycles. The second-order valence-corrected chi connectivity index (χ2v) is 10.4. The predicted molar refractivity (Wildman–Crippen MR) is 149 cm³/mol. The maximum atomic E-state index is 13.4. The Kier molecular flexibility index (Phi) is 6.10. The summed E-state index contributed by atoms with van der Waals surface area (Å²) in [6, 6.07) is 12.6. The second-order valence-electron chi connectivity index (χ2n) is 10.4. The molecule has 0 bridgehead atoms. The first-order valence-corrected chi connectivity index (χ1v) is 13.4. The summed E-state index contributed by atoms with van der Waals surface area (Å²) >= 11 is 0. The lowest BCUT2D eigenvalue weighted by Crippen LogP contribution is -2.24. The Morgan fingerprint density at radius 2 is 1.92 bits per heavy atom. The van der Waals surface area contributed by atoms with Gasteiger partial charge in [-0.25, -0.2) is 4.98 Å². The monoisotopic (exact) mass is 508 g/mol. The third-order valence-electron chi connectivity index (χ3n) is 7.52. The van der Waals surface area contributed by atoms with Gasteiger partial charge in [-0.15, -0.1) is 0 Å². The van der Waals surface area contributed by atoms with Gasteiger partial charge < -0.3 is 14.8 Å². The summed E-state index contributed by atoms with van der Waals surface area (Å²) in [6.45, 7) is 4.75. The third-order valence-corrected chi connectivity index (χ3v) is 7.52. The molecule has 2 aliphatic rings. The lowest BCUT2D eigenvalue weighted by atomic mass is 10.0. The number of nitrogens with one attached hydrogen (secondary N) is 1. The van der Waals surface area contributed by atoms with Crippen LogP contribution in [0.2, 0.25) is 0 Å². The van der Waals surface area contributed by atoms with Crippen LogP contribution in [0.4, 0.5) is 17.2 Å². The zero-order valence-corrected chi connectivity index (χ0v) is 22.1. The molecular weight excluding hydrogens is 476 g/mol. The number of hydrogen-bond acceptors (Lipinski definition) is 5. The summed E-state index contributed by atoms with van der Waals surface area (Å²) in [6.07, 6.45) is 11.0. The van der Waals surface area contributed by atoms with E-state index in [1.54, 1.807) is 19.4 Å². The van der Waals surface area contributed by atoms with Crippen LogP contribution >= 0.6 is 0 Å². The van der Waals surface area contributed by atoms with E-state index in [2.05, 4.69) is 29.5 Å². The normalized spacial score (nSPS) is 14.7. The first-order chi connectivity index (χ1) is 18.4. The summed E-state index contributed by atoms with van der Waals surface area (Å²) in [4.78, 5) is 32.8. The highest BCUT2D eigenvalue weighted by Gasteiger charge is 2.30. The van der Waals surface area contributed by atoms with Crippen molar-refractivity contribution in [3.63, 3.8) is 0 Å². The summed E-state index contributed by atoms with van der Waals surface area (Å²) in [5.41, 5.74) is 6.99. The summed E-state index contributed by atoms with van der Waals surface area (Å²) in [7, 11) is 1.72. The van der Waals surface area contributed by atoms with Crippen molar-refractivity contribution in [2.24, 2.45) is 7.05 Å². The number of anilines is 3. The molecule has 1 N–H and O–H groups in total. The maximum Gasteiger partial charge on any atom is 0.293 e. The fourth-order valence-corrected chi connectivity index (χ4v) is 5.19. The Morgan fingerprint density at radius 3 is 2.71 bits per heavy atom. The number of hydrogen-bond donors (Lipinski definition) is 1. The van der Waals surface area contributed by atoms with E-state index in [0.717, 1.165) is 65.7 Å². The molecule has 194 valence electrons. The number of nitrogens with zero attached hydrogens (tertiary/aromatic N) is 5. The van der Waals surface area contributed by atoms with Gasteiger partial charge in [-0.2, -0.15) is 5.10 Å². The van der Waals surface area contributed by atoms with Crippen molar-refractivity contribution in [2.45, 2.75) is 58.5 Å². The van der Waals surface area contributed by atoms with Crippen LogP contribution in [-0.4, -0.2) is 25.2 Å². The van der Waals surface area contributed by atoms with Crippen molar-refractivity contribution < 1.29 is 4.79 Å². The van der Waals surface area contributed by atoms with E-state index in [0.29, 0.717) is 18.3 Å². The smallest absolute Gasteiger partial charge is 0.293 e. The fraction of sp³-hybridized carbons (Fsp3) is 0.333. The van der Waals surface area contributed by atoms with E-state index in [1.165, 1.54) is 10.1 Å². The fourth-order valence-electron chi connectivity index (χ4n) is 5.19. The van der Waals surface area contributed by atoms with Gasteiger partial charge in [-0.1, -0.05) is 37.6 Å². The number of aryl methyl sites for hydroxylation is 2. The van der Waals surface area contributed by atoms with Crippen LogP contribution in [0, 0.1) is 6.92 Å². The molecule has 38 heavy (non-hydrogen) atoms. The lowest BCUT2D eigenvalue weighted by Gasteiger charge is -2.20. The minimum atomic E-state index is -0.217. The van der Waals surface area contributed by atoms with E-state index >= 15 is 0 Å². The highest BCUT2D eigenvalue weighted by molar-refractivity contribution is 6.10. The number of rotatable bonds is 8. The van der Waals surface area contributed by atoms with E-state index < -0.39 is 0 Å². The molecule has 0 unspecified atom stereocenters. The molecule has 8 nitrogen and oxygen atoms in total.